The maximum Gasteiger partial charge on any atom is 0.407 e. The first-order valence-electron chi connectivity index (χ1n) is 12.5. The van der Waals surface area contributed by atoms with E-state index in [-0.39, 0.29) is 24.9 Å². The zero-order valence-corrected chi connectivity index (χ0v) is 20.5. The first-order valence-corrected chi connectivity index (χ1v) is 12.5. The quantitative estimate of drug-likeness (QED) is 0.532. The topological polar surface area (TPSA) is 95.9 Å². The van der Waals surface area contributed by atoms with E-state index in [9.17, 15) is 19.5 Å². The van der Waals surface area contributed by atoms with Crippen molar-refractivity contribution in [1.29, 1.82) is 0 Å². The first kappa shape index (κ1) is 24.8. The summed E-state index contributed by atoms with van der Waals surface area (Å²) in [6, 6.07) is 15.9. The summed E-state index contributed by atoms with van der Waals surface area (Å²) in [6.45, 7) is 2.19. The molecule has 1 fully saturated rings. The van der Waals surface area contributed by atoms with Crippen LogP contribution in [0.15, 0.2) is 48.5 Å². The molecule has 186 valence electrons. The zero-order chi connectivity index (χ0) is 25.0. The fourth-order valence-corrected chi connectivity index (χ4v) is 5.62. The number of alkyl carbamates (subject to hydrolysis) is 1. The van der Waals surface area contributed by atoms with Gasteiger partial charge in [0, 0.05) is 25.4 Å². The van der Waals surface area contributed by atoms with Gasteiger partial charge < -0.3 is 20.1 Å². The second-order valence-electron chi connectivity index (χ2n) is 9.66. The molecule has 2 aromatic carbocycles. The van der Waals surface area contributed by atoms with Crippen LogP contribution in [0.3, 0.4) is 0 Å². The number of carbonyl (C=O) groups is 3. The number of carboxylic acids is 1. The molecule has 4 rings (SSSR count). The van der Waals surface area contributed by atoms with Gasteiger partial charge in [0.2, 0.25) is 5.91 Å². The Labute approximate surface area is 206 Å². The first-order chi connectivity index (χ1) is 16.9. The summed E-state index contributed by atoms with van der Waals surface area (Å²) in [6.07, 6.45) is 3.37. The molecule has 2 N–H and O–H groups in total. The molecule has 0 aromatic heterocycles. The molecule has 0 bridgehead atoms. The lowest BCUT2D eigenvalue weighted by molar-refractivity contribution is -0.157. The van der Waals surface area contributed by atoms with Crippen LogP contribution in [-0.2, 0) is 14.3 Å². The third-order valence-electron chi connectivity index (χ3n) is 7.57. The lowest BCUT2D eigenvalue weighted by atomic mass is 9.94. The number of aliphatic carboxylic acids is 1. The second kappa shape index (κ2) is 10.5. The number of amides is 2. The molecule has 7 nitrogen and oxygen atoms in total. The minimum Gasteiger partial charge on any atom is -0.479 e. The van der Waals surface area contributed by atoms with E-state index in [4.69, 9.17) is 4.74 Å². The van der Waals surface area contributed by atoms with Crippen molar-refractivity contribution in [1.82, 2.24) is 10.2 Å². The highest BCUT2D eigenvalue weighted by Gasteiger charge is 2.47. The van der Waals surface area contributed by atoms with Gasteiger partial charge >= 0.3 is 12.1 Å². The maximum absolute atomic E-state index is 13.0. The van der Waals surface area contributed by atoms with E-state index in [1.807, 2.05) is 31.2 Å². The molecule has 2 aliphatic carbocycles. The molecule has 0 heterocycles. The fourth-order valence-electron chi connectivity index (χ4n) is 5.62. The number of fused-ring (bicyclic) bond motifs is 3. The Bertz CT molecular complexity index is 1050. The SMILES string of the molecule is CCCC(CC(=O)N(C)C1(C(=O)O)CCCC1)NC(=O)OCC1c2ccccc2-c2ccccc21. The van der Waals surface area contributed by atoms with E-state index in [0.29, 0.717) is 19.3 Å². The smallest absolute Gasteiger partial charge is 0.407 e. The Morgan fingerprint density at radius 2 is 1.63 bits per heavy atom. The Morgan fingerprint density at radius 1 is 1.06 bits per heavy atom. The van der Waals surface area contributed by atoms with Gasteiger partial charge in [-0.05, 0) is 41.5 Å². The van der Waals surface area contributed by atoms with Crippen molar-refractivity contribution in [3.63, 3.8) is 0 Å². The van der Waals surface area contributed by atoms with Gasteiger partial charge in [0.25, 0.3) is 0 Å². The molecule has 0 radical (unpaired) electrons. The number of carboxylic acid groups (broad SMARTS) is 1. The van der Waals surface area contributed by atoms with Crippen LogP contribution < -0.4 is 5.32 Å². The van der Waals surface area contributed by atoms with E-state index >= 15 is 0 Å². The third-order valence-corrected chi connectivity index (χ3v) is 7.57. The monoisotopic (exact) mass is 478 g/mol. The van der Waals surface area contributed by atoms with Crippen LogP contribution in [0.2, 0.25) is 0 Å². The Morgan fingerprint density at radius 3 is 2.17 bits per heavy atom. The number of hydrogen-bond donors (Lipinski definition) is 2. The van der Waals surface area contributed by atoms with E-state index in [2.05, 4.69) is 29.6 Å². The maximum atomic E-state index is 13.0. The van der Waals surface area contributed by atoms with E-state index < -0.39 is 23.6 Å². The summed E-state index contributed by atoms with van der Waals surface area (Å²) in [5, 5.41) is 12.6. The summed E-state index contributed by atoms with van der Waals surface area (Å²) in [5.74, 6) is -1.27. The van der Waals surface area contributed by atoms with Gasteiger partial charge in [-0.25, -0.2) is 9.59 Å². The standard InChI is InChI=1S/C28H34N2O5/c1-3-10-19(17-25(31)30(2)28(26(32)33)15-8-9-16-28)29-27(34)35-18-24-22-13-6-4-11-20(22)21-12-5-7-14-23(21)24/h4-7,11-14,19,24H,3,8-10,15-18H2,1-2H3,(H,29,34)(H,32,33). The minimum atomic E-state index is -1.14. The van der Waals surface area contributed by atoms with Gasteiger partial charge in [-0.1, -0.05) is 74.7 Å². The molecule has 2 aromatic rings. The second-order valence-corrected chi connectivity index (χ2v) is 9.66. The zero-order valence-electron chi connectivity index (χ0n) is 20.5. The van der Waals surface area contributed by atoms with Gasteiger partial charge in [-0.15, -0.1) is 0 Å². The molecular weight excluding hydrogens is 444 g/mol. The Kier molecular flexibility index (Phi) is 7.43. The highest BCUT2D eigenvalue weighted by Crippen LogP contribution is 2.44. The van der Waals surface area contributed by atoms with Gasteiger partial charge in [0.1, 0.15) is 12.1 Å². The molecule has 35 heavy (non-hydrogen) atoms. The van der Waals surface area contributed by atoms with Gasteiger partial charge in [-0.2, -0.15) is 0 Å². The minimum absolute atomic E-state index is 0.0386. The summed E-state index contributed by atoms with van der Waals surface area (Å²) < 4.78 is 5.65. The predicted octanol–water partition coefficient (Wildman–Crippen LogP) is 4.94. The van der Waals surface area contributed by atoms with Crippen molar-refractivity contribution in [2.24, 2.45) is 0 Å². The lowest BCUT2D eigenvalue weighted by Crippen LogP contribution is -2.54. The van der Waals surface area contributed by atoms with Crippen LogP contribution in [0.5, 0.6) is 0 Å². The molecule has 0 saturated heterocycles. The average molecular weight is 479 g/mol. The summed E-state index contributed by atoms with van der Waals surface area (Å²) in [5.41, 5.74) is 3.46. The number of carbonyl (C=O) groups excluding carboxylic acids is 2. The highest BCUT2D eigenvalue weighted by molar-refractivity contribution is 5.87. The molecule has 0 spiro atoms. The fraction of sp³-hybridized carbons (Fsp3) is 0.464. The molecule has 1 atom stereocenters. The molecule has 2 amide bonds. The number of hydrogen-bond acceptors (Lipinski definition) is 4. The molecule has 1 saturated carbocycles. The van der Waals surface area contributed by atoms with Crippen molar-refractivity contribution in [3.8, 4) is 11.1 Å². The van der Waals surface area contributed by atoms with E-state index in [1.54, 1.807) is 7.05 Å². The number of likely N-dealkylation sites (N-methyl/N-ethyl adjacent to an activating group) is 1. The highest BCUT2D eigenvalue weighted by atomic mass is 16.5. The molecule has 2 aliphatic rings. The van der Waals surface area contributed by atoms with Crippen LogP contribution in [0, 0.1) is 0 Å². The Hall–Kier alpha value is -3.35. The molecule has 7 heteroatoms. The van der Waals surface area contributed by atoms with Crippen molar-refractivity contribution in [3.05, 3.63) is 59.7 Å². The third kappa shape index (κ3) is 4.90. The predicted molar refractivity (Wildman–Crippen MR) is 133 cm³/mol. The average Bonchev–Trinajstić information content (AvgIpc) is 3.47. The van der Waals surface area contributed by atoms with E-state index in [0.717, 1.165) is 41.5 Å². The number of benzene rings is 2. The summed E-state index contributed by atoms with van der Waals surface area (Å²) in [4.78, 5) is 39.1. The lowest BCUT2D eigenvalue weighted by Gasteiger charge is -2.35. The number of ether oxygens (including phenoxy) is 1. The van der Waals surface area contributed by atoms with Crippen molar-refractivity contribution in [2.75, 3.05) is 13.7 Å². The largest absolute Gasteiger partial charge is 0.479 e. The van der Waals surface area contributed by atoms with Crippen LogP contribution >= 0.6 is 0 Å². The molecule has 1 unspecified atom stereocenters. The van der Waals surface area contributed by atoms with Crippen LogP contribution in [0.1, 0.15) is 68.9 Å². The van der Waals surface area contributed by atoms with Crippen LogP contribution in [-0.4, -0.2) is 53.2 Å². The number of rotatable bonds is 9. The van der Waals surface area contributed by atoms with Crippen molar-refractivity contribution >= 4 is 18.0 Å². The summed E-state index contributed by atoms with van der Waals surface area (Å²) >= 11 is 0. The van der Waals surface area contributed by atoms with Gasteiger partial charge in [-0.3, -0.25) is 4.79 Å². The van der Waals surface area contributed by atoms with E-state index in [1.165, 1.54) is 4.90 Å². The number of nitrogens with one attached hydrogen (secondary N) is 1. The summed E-state index contributed by atoms with van der Waals surface area (Å²) in [7, 11) is 1.57. The van der Waals surface area contributed by atoms with Crippen LogP contribution in [0.25, 0.3) is 11.1 Å². The Balaban J connectivity index is 1.38. The molecule has 0 aliphatic heterocycles. The van der Waals surface area contributed by atoms with Crippen molar-refractivity contribution in [2.45, 2.75) is 69.4 Å². The van der Waals surface area contributed by atoms with Gasteiger partial charge in [0.15, 0.2) is 0 Å². The normalized spacial score (nSPS) is 16.7. The van der Waals surface area contributed by atoms with Crippen LogP contribution in [0.4, 0.5) is 4.79 Å². The molecular formula is C28H34N2O5. The van der Waals surface area contributed by atoms with Crippen molar-refractivity contribution < 1.29 is 24.2 Å². The van der Waals surface area contributed by atoms with Gasteiger partial charge in [0.05, 0.1) is 0 Å². The number of nitrogens with zero attached hydrogens (tertiary/aromatic N) is 1.